The lowest BCUT2D eigenvalue weighted by Gasteiger charge is -2.15. The molecule has 0 radical (unpaired) electrons. The van der Waals surface area contributed by atoms with Crippen LogP contribution in [0.5, 0.6) is 0 Å². The van der Waals surface area contributed by atoms with Crippen molar-refractivity contribution < 1.29 is 9.21 Å². The van der Waals surface area contributed by atoms with Gasteiger partial charge in [0.15, 0.2) is 0 Å². The van der Waals surface area contributed by atoms with Gasteiger partial charge in [-0.25, -0.2) is 0 Å². The average molecular weight is 283 g/mol. The van der Waals surface area contributed by atoms with Gasteiger partial charge in [-0.3, -0.25) is 4.79 Å². The molecule has 0 aliphatic rings. The van der Waals surface area contributed by atoms with Gasteiger partial charge in [-0.15, -0.1) is 12.4 Å². The van der Waals surface area contributed by atoms with Crippen molar-refractivity contribution >= 4 is 29.3 Å². The van der Waals surface area contributed by atoms with Crippen LogP contribution in [0.15, 0.2) is 34.7 Å². The largest absolute Gasteiger partial charge is 0.459 e. The Bertz CT molecular complexity index is 506. The molecule has 0 aliphatic carbocycles. The van der Waals surface area contributed by atoms with Crippen LogP contribution in [-0.2, 0) is 11.3 Å². The monoisotopic (exact) mass is 282 g/mol. The van der Waals surface area contributed by atoms with Crippen molar-refractivity contribution in [2.75, 3.05) is 20.6 Å². The van der Waals surface area contributed by atoms with Crippen LogP contribution < -0.4 is 5.32 Å². The first-order valence-corrected chi connectivity index (χ1v) is 6.06. The number of para-hydroxylation sites is 1. The van der Waals surface area contributed by atoms with Crippen LogP contribution in [0, 0.1) is 0 Å². The van der Waals surface area contributed by atoms with Gasteiger partial charge in [-0.1, -0.05) is 18.2 Å². The van der Waals surface area contributed by atoms with E-state index in [0.717, 1.165) is 16.7 Å². The minimum absolute atomic E-state index is 0. The summed E-state index contributed by atoms with van der Waals surface area (Å²) >= 11 is 0. The van der Waals surface area contributed by atoms with E-state index < -0.39 is 0 Å². The van der Waals surface area contributed by atoms with Crippen molar-refractivity contribution in [3.8, 4) is 0 Å². The molecule has 4 nitrogen and oxygen atoms in total. The number of rotatable bonds is 5. The number of hydrogen-bond donors (Lipinski definition) is 1. The second kappa shape index (κ2) is 7.16. The third-order valence-corrected chi connectivity index (χ3v) is 2.88. The molecule has 19 heavy (non-hydrogen) atoms. The first kappa shape index (κ1) is 15.5. The summed E-state index contributed by atoms with van der Waals surface area (Å²) < 4.78 is 5.68. The van der Waals surface area contributed by atoms with E-state index in [9.17, 15) is 4.79 Å². The third-order valence-electron chi connectivity index (χ3n) is 2.88. The molecule has 1 amide bonds. The lowest BCUT2D eigenvalue weighted by molar-refractivity contribution is -0.130. The Hall–Kier alpha value is -1.52. The second-order valence-electron chi connectivity index (χ2n) is 4.35. The molecule has 2 aromatic rings. The van der Waals surface area contributed by atoms with E-state index in [2.05, 4.69) is 5.32 Å². The maximum Gasteiger partial charge on any atom is 0.223 e. The number of fused-ring (bicyclic) bond motifs is 1. The minimum atomic E-state index is 0. The molecule has 0 saturated carbocycles. The van der Waals surface area contributed by atoms with Crippen LogP contribution >= 0.6 is 12.4 Å². The Balaban J connectivity index is 0.00000180. The van der Waals surface area contributed by atoms with E-state index in [1.807, 2.05) is 37.4 Å². The molecule has 0 saturated heterocycles. The normalized spacial score (nSPS) is 10.2. The molecule has 1 heterocycles. The summed E-state index contributed by atoms with van der Waals surface area (Å²) in [6.07, 6.45) is 0.507. The molecule has 0 atom stereocenters. The van der Waals surface area contributed by atoms with Crippen LogP contribution in [0.1, 0.15) is 12.2 Å². The molecule has 0 aliphatic heterocycles. The highest BCUT2D eigenvalue weighted by atomic mass is 35.5. The molecule has 1 aromatic carbocycles. The highest BCUT2D eigenvalue weighted by molar-refractivity contribution is 5.85. The first-order chi connectivity index (χ1) is 8.70. The van der Waals surface area contributed by atoms with Crippen LogP contribution in [-0.4, -0.2) is 31.4 Å². The van der Waals surface area contributed by atoms with Gasteiger partial charge in [-0.05, 0) is 19.2 Å². The van der Waals surface area contributed by atoms with Crippen LogP contribution in [0.2, 0.25) is 0 Å². The minimum Gasteiger partial charge on any atom is -0.459 e. The quantitative estimate of drug-likeness (QED) is 0.916. The van der Waals surface area contributed by atoms with E-state index in [0.29, 0.717) is 19.5 Å². The van der Waals surface area contributed by atoms with E-state index >= 15 is 0 Å². The van der Waals surface area contributed by atoms with E-state index in [1.165, 1.54) is 0 Å². The maximum atomic E-state index is 11.8. The summed E-state index contributed by atoms with van der Waals surface area (Å²) in [5.41, 5.74) is 0.864. The number of furan rings is 1. The van der Waals surface area contributed by atoms with Crippen molar-refractivity contribution in [1.29, 1.82) is 0 Å². The number of carbonyl (C=O) groups is 1. The molecule has 1 aromatic heterocycles. The van der Waals surface area contributed by atoms with Crippen molar-refractivity contribution in [3.05, 3.63) is 36.1 Å². The van der Waals surface area contributed by atoms with E-state index in [4.69, 9.17) is 4.42 Å². The van der Waals surface area contributed by atoms with Crippen molar-refractivity contribution in [3.63, 3.8) is 0 Å². The summed E-state index contributed by atoms with van der Waals surface area (Å²) in [5, 5.41) is 4.04. The van der Waals surface area contributed by atoms with E-state index in [-0.39, 0.29) is 18.3 Å². The predicted octanol–water partition coefficient (Wildman–Crippen LogP) is 2.42. The SMILES string of the molecule is CNCCC(=O)N(C)Cc1cc2ccccc2o1.Cl. The van der Waals surface area contributed by atoms with Crippen LogP contribution in [0.3, 0.4) is 0 Å². The molecular weight excluding hydrogens is 264 g/mol. The summed E-state index contributed by atoms with van der Waals surface area (Å²) in [4.78, 5) is 13.5. The Morgan fingerprint density at radius 2 is 2.11 bits per heavy atom. The smallest absolute Gasteiger partial charge is 0.223 e. The number of benzene rings is 1. The molecule has 0 spiro atoms. The predicted molar refractivity (Wildman–Crippen MR) is 78.5 cm³/mol. The Kier molecular flexibility index (Phi) is 5.86. The zero-order valence-corrected chi connectivity index (χ0v) is 12.0. The van der Waals surface area contributed by atoms with Gasteiger partial charge in [-0.2, -0.15) is 0 Å². The van der Waals surface area contributed by atoms with Gasteiger partial charge in [0, 0.05) is 25.4 Å². The third kappa shape index (κ3) is 3.98. The summed E-state index contributed by atoms with van der Waals surface area (Å²) in [7, 11) is 3.64. The van der Waals surface area contributed by atoms with Gasteiger partial charge >= 0.3 is 0 Å². The van der Waals surface area contributed by atoms with Gasteiger partial charge < -0.3 is 14.6 Å². The molecule has 104 valence electrons. The highest BCUT2D eigenvalue weighted by Gasteiger charge is 2.11. The highest BCUT2D eigenvalue weighted by Crippen LogP contribution is 2.19. The van der Waals surface area contributed by atoms with Crippen molar-refractivity contribution in [2.45, 2.75) is 13.0 Å². The number of nitrogens with one attached hydrogen (secondary N) is 1. The van der Waals surface area contributed by atoms with Crippen LogP contribution in [0.25, 0.3) is 11.0 Å². The number of nitrogens with zero attached hydrogens (tertiary/aromatic N) is 1. The first-order valence-electron chi connectivity index (χ1n) is 6.06. The fraction of sp³-hybridized carbons (Fsp3) is 0.357. The number of hydrogen-bond acceptors (Lipinski definition) is 3. The second-order valence-corrected chi connectivity index (χ2v) is 4.35. The lowest BCUT2D eigenvalue weighted by atomic mass is 10.2. The molecule has 1 N–H and O–H groups in total. The Morgan fingerprint density at radius 3 is 2.79 bits per heavy atom. The average Bonchev–Trinajstić information content (AvgIpc) is 2.77. The topological polar surface area (TPSA) is 45.5 Å². The van der Waals surface area contributed by atoms with Gasteiger partial charge in [0.05, 0.1) is 6.54 Å². The summed E-state index contributed by atoms with van der Waals surface area (Å²) in [5.74, 6) is 0.932. The summed E-state index contributed by atoms with van der Waals surface area (Å²) in [6, 6.07) is 9.84. The van der Waals surface area contributed by atoms with Crippen molar-refractivity contribution in [1.82, 2.24) is 10.2 Å². The van der Waals surface area contributed by atoms with E-state index in [1.54, 1.807) is 11.9 Å². The van der Waals surface area contributed by atoms with Gasteiger partial charge in [0.1, 0.15) is 11.3 Å². The fourth-order valence-electron chi connectivity index (χ4n) is 1.86. The molecule has 0 bridgehead atoms. The van der Waals surface area contributed by atoms with Crippen molar-refractivity contribution in [2.24, 2.45) is 0 Å². The number of carbonyl (C=O) groups excluding carboxylic acids is 1. The molecule has 0 unspecified atom stereocenters. The number of halogens is 1. The molecule has 2 rings (SSSR count). The molecule has 5 heteroatoms. The zero-order valence-electron chi connectivity index (χ0n) is 11.2. The summed E-state index contributed by atoms with van der Waals surface area (Å²) in [6.45, 7) is 1.21. The fourth-order valence-corrected chi connectivity index (χ4v) is 1.86. The zero-order chi connectivity index (χ0) is 13.0. The Labute approximate surface area is 119 Å². The van der Waals surface area contributed by atoms with Gasteiger partial charge in [0.25, 0.3) is 0 Å². The molecular formula is C14H19ClN2O2. The Morgan fingerprint density at radius 1 is 1.37 bits per heavy atom. The number of amides is 1. The molecule has 0 fully saturated rings. The maximum absolute atomic E-state index is 11.8. The standard InChI is InChI=1S/C14H18N2O2.ClH/c1-15-8-7-14(17)16(2)10-12-9-11-5-3-4-6-13(11)18-12;/h3-6,9,15H,7-8,10H2,1-2H3;1H. The van der Waals surface area contributed by atoms with Crippen LogP contribution in [0.4, 0.5) is 0 Å². The van der Waals surface area contributed by atoms with Gasteiger partial charge in [0.2, 0.25) is 5.91 Å². The lowest BCUT2D eigenvalue weighted by Crippen LogP contribution is -2.28.